The zero-order valence-electron chi connectivity index (χ0n) is 13.6. The highest BCUT2D eigenvalue weighted by Gasteiger charge is 2.23. The summed E-state index contributed by atoms with van der Waals surface area (Å²) in [6, 6.07) is 11.3. The minimum atomic E-state index is -0.367. The molecule has 0 spiro atoms. The second-order valence-corrected chi connectivity index (χ2v) is 5.88. The number of hydrogen-bond donors (Lipinski definition) is 1. The number of pyridine rings is 1. The van der Waals surface area contributed by atoms with Gasteiger partial charge in [0.05, 0.1) is 0 Å². The van der Waals surface area contributed by atoms with Crippen LogP contribution in [0.2, 0.25) is 0 Å². The van der Waals surface area contributed by atoms with Crippen molar-refractivity contribution in [3.05, 3.63) is 59.9 Å². The summed E-state index contributed by atoms with van der Waals surface area (Å²) < 4.78 is 0. The van der Waals surface area contributed by atoms with E-state index in [2.05, 4.69) is 30.2 Å². The van der Waals surface area contributed by atoms with E-state index in [-0.39, 0.29) is 11.9 Å². The van der Waals surface area contributed by atoms with Crippen LogP contribution in [0.25, 0.3) is 0 Å². The Labute approximate surface area is 132 Å². The van der Waals surface area contributed by atoms with Crippen LogP contribution in [0.3, 0.4) is 0 Å². The number of aromatic nitrogens is 1. The summed E-state index contributed by atoms with van der Waals surface area (Å²) in [7, 11) is 3.79. The molecule has 4 heteroatoms. The van der Waals surface area contributed by atoms with Gasteiger partial charge in [-0.05, 0) is 43.3 Å². The first-order valence-electron chi connectivity index (χ1n) is 7.47. The van der Waals surface area contributed by atoms with Crippen molar-refractivity contribution < 1.29 is 4.79 Å². The molecule has 4 nitrogen and oxygen atoms in total. The Morgan fingerprint density at radius 3 is 2.45 bits per heavy atom. The summed E-state index contributed by atoms with van der Waals surface area (Å²) in [5, 5.41) is 3.06. The second kappa shape index (κ2) is 7.18. The molecule has 1 atom stereocenters. The highest BCUT2D eigenvalue weighted by atomic mass is 16.2. The van der Waals surface area contributed by atoms with Crippen molar-refractivity contribution >= 4 is 11.6 Å². The summed E-state index contributed by atoms with van der Waals surface area (Å²) in [4.78, 5) is 18.8. The van der Waals surface area contributed by atoms with Crippen molar-refractivity contribution in [2.45, 2.75) is 25.8 Å². The fourth-order valence-electron chi connectivity index (χ4n) is 2.54. The third-order valence-electron chi connectivity index (χ3n) is 3.61. The average Bonchev–Trinajstić information content (AvgIpc) is 2.48. The van der Waals surface area contributed by atoms with Gasteiger partial charge in [0.2, 0.25) is 5.91 Å². The quantitative estimate of drug-likeness (QED) is 0.919. The number of nitrogens with zero attached hydrogens (tertiary/aromatic N) is 2. The van der Waals surface area contributed by atoms with Crippen molar-refractivity contribution in [3.63, 3.8) is 0 Å². The van der Waals surface area contributed by atoms with Crippen LogP contribution in [-0.2, 0) is 4.79 Å². The smallest absolute Gasteiger partial charge is 0.246 e. The van der Waals surface area contributed by atoms with Crippen LogP contribution in [0.1, 0.15) is 36.9 Å². The lowest BCUT2D eigenvalue weighted by atomic mass is 10.0. The van der Waals surface area contributed by atoms with Gasteiger partial charge in [0.25, 0.3) is 0 Å². The van der Waals surface area contributed by atoms with Crippen molar-refractivity contribution in [1.82, 2.24) is 9.88 Å². The molecule has 1 aromatic heterocycles. The van der Waals surface area contributed by atoms with Gasteiger partial charge < -0.3 is 5.32 Å². The molecular weight excluding hydrogens is 274 g/mol. The molecule has 1 aromatic carbocycles. The number of carbonyl (C=O) groups excluding carboxylic acids is 1. The topological polar surface area (TPSA) is 45.2 Å². The normalized spacial score (nSPS) is 12.5. The van der Waals surface area contributed by atoms with E-state index in [0.717, 1.165) is 16.8 Å². The number of carbonyl (C=O) groups is 1. The van der Waals surface area contributed by atoms with Gasteiger partial charge in [-0.25, -0.2) is 0 Å². The molecule has 1 N–H and O–H groups in total. The van der Waals surface area contributed by atoms with E-state index in [9.17, 15) is 4.79 Å². The average molecular weight is 297 g/mol. The summed E-state index contributed by atoms with van der Waals surface area (Å²) in [6.07, 6.45) is 3.45. The van der Waals surface area contributed by atoms with Crippen LogP contribution >= 0.6 is 0 Å². The van der Waals surface area contributed by atoms with E-state index in [1.807, 2.05) is 49.3 Å². The Morgan fingerprint density at radius 2 is 1.86 bits per heavy atom. The summed E-state index contributed by atoms with van der Waals surface area (Å²) in [5.41, 5.74) is 2.89. The Balaban J connectivity index is 2.27. The molecule has 0 aliphatic rings. The van der Waals surface area contributed by atoms with Crippen molar-refractivity contribution in [1.29, 1.82) is 0 Å². The van der Waals surface area contributed by atoms with Crippen LogP contribution < -0.4 is 5.32 Å². The number of para-hydroxylation sites is 1. The van der Waals surface area contributed by atoms with Gasteiger partial charge in [-0.3, -0.25) is 14.7 Å². The maximum Gasteiger partial charge on any atom is 0.246 e. The molecule has 1 unspecified atom stereocenters. The number of hydrogen-bond acceptors (Lipinski definition) is 3. The fraction of sp³-hybridized carbons (Fsp3) is 0.333. The van der Waals surface area contributed by atoms with Gasteiger partial charge in [-0.2, -0.15) is 0 Å². The van der Waals surface area contributed by atoms with Crippen LogP contribution in [0, 0.1) is 0 Å². The lowest BCUT2D eigenvalue weighted by molar-refractivity contribution is -0.120. The molecule has 1 amide bonds. The van der Waals surface area contributed by atoms with E-state index >= 15 is 0 Å². The van der Waals surface area contributed by atoms with E-state index < -0.39 is 0 Å². The largest absolute Gasteiger partial charge is 0.324 e. The molecule has 0 aliphatic heterocycles. The number of benzene rings is 1. The fourth-order valence-corrected chi connectivity index (χ4v) is 2.54. The van der Waals surface area contributed by atoms with Gasteiger partial charge >= 0.3 is 0 Å². The number of nitrogens with one attached hydrogen (secondary N) is 1. The molecule has 0 fully saturated rings. The molecular formula is C18H23N3O. The Hall–Kier alpha value is -2.20. The van der Waals surface area contributed by atoms with E-state index in [1.54, 1.807) is 12.4 Å². The molecule has 22 heavy (non-hydrogen) atoms. The predicted molar refractivity (Wildman–Crippen MR) is 89.8 cm³/mol. The van der Waals surface area contributed by atoms with Crippen molar-refractivity contribution in [3.8, 4) is 0 Å². The standard InChI is InChI=1S/C18H23N3O/c1-13(2)15-9-5-6-10-16(15)20-18(22)17(21(3)4)14-8-7-11-19-12-14/h5-13,17H,1-4H3,(H,20,22). The zero-order valence-corrected chi connectivity index (χ0v) is 13.6. The number of anilines is 1. The maximum atomic E-state index is 12.7. The van der Waals surface area contributed by atoms with E-state index in [0.29, 0.717) is 5.92 Å². The van der Waals surface area contributed by atoms with Crippen LogP contribution in [0.15, 0.2) is 48.8 Å². The minimum absolute atomic E-state index is 0.0499. The van der Waals surface area contributed by atoms with Gasteiger partial charge in [0.15, 0.2) is 0 Å². The Morgan fingerprint density at radius 1 is 1.14 bits per heavy atom. The van der Waals surface area contributed by atoms with Crippen molar-refractivity contribution in [2.24, 2.45) is 0 Å². The third kappa shape index (κ3) is 3.71. The first kappa shape index (κ1) is 16.2. The second-order valence-electron chi connectivity index (χ2n) is 5.88. The van der Waals surface area contributed by atoms with Gasteiger partial charge in [-0.15, -0.1) is 0 Å². The molecule has 0 radical (unpaired) electrons. The molecule has 0 aliphatic carbocycles. The molecule has 0 bridgehead atoms. The third-order valence-corrected chi connectivity index (χ3v) is 3.61. The summed E-state index contributed by atoms with van der Waals surface area (Å²) in [6.45, 7) is 4.24. The summed E-state index contributed by atoms with van der Waals surface area (Å²) in [5.74, 6) is 0.304. The zero-order chi connectivity index (χ0) is 16.1. The minimum Gasteiger partial charge on any atom is -0.324 e. The van der Waals surface area contributed by atoms with E-state index in [4.69, 9.17) is 0 Å². The number of amides is 1. The first-order chi connectivity index (χ1) is 10.5. The van der Waals surface area contributed by atoms with E-state index in [1.165, 1.54) is 0 Å². The maximum absolute atomic E-state index is 12.7. The molecule has 2 rings (SSSR count). The predicted octanol–water partition coefficient (Wildman–Crippen LogP) is 3.45. The van der Waals surface area contributed by atoms with Gasteiger partial charge in [0, 0.05) is 18.1 Å². The SMILES string of the molecule is CC(C)c1ccccc1NC(=O)C(c1cccnc1)N(C)C. The Kier molecular flexibility index (Phi) is 5.28. The highest BCUT2D eigenvalue weighted by molar-refractivity contribution is 5.96. The van der Waals surface area contributed by atoms with Crippen LogP contribution in [0.5, 0.6) is 0 Å². The summed E-state index contributed by atoms with van der Waals surface area (Å²) >= 11 is 0. The number of likely N-dealkylation sites (N-methyl/N-ethyl adjacent to an activating group) is 1. The van der Waals surface area contributed by atoms with Crippen molar-refractivity contribution in [2.75, 3.05) is 19.4 Å². The molecule has 0 saturated carbocycles. The lowest BCUT2D eigenvalue weighted by Crippen LogP contribution is -2.32. The first-order valence-corrected chi connectivity index (χ1v) is 7.47. The van der Waals surface area contributed by atoms with Crippen LogP contribution in [-0.4, -0.2) is 29.9 Å². The molecule has 2 aromatic rings. The van der Waals surface area contributed by atoms with Gasteiger partial charge in [-0.1, -0.05) is 38.1 Å². The molecule has 116 valence electrons. The number of rotatable bonds is 5. The molecule has 1 heterocycles. The molecule has 0 saturated heterocycles. The van der Waals surface area contributed by atoms with Gasteiger partial charge in [0.1, 0.15) is 6.04 Å². The highest BCUT2D eigenvalue weighted by Crippen LogP contribution is 2.26. The monoisotopic (exact) mass is 297 g/mol. The van der Waals surface area contributed by atoms with Crippen LogP contribution in [0.4, 0.5) is 5.69 Å². The lowest BCUT2D eigenvalue weighted by Gasteiger charge is -2.24. The Bertz CT molecular complexity index is 623.